The van der Waals surface area contributed by atoms with Gasteiger partial charge >= 0.3 is 0 Å². The average molecular weight is 309 g/mol. The topological polar surface area (TPSA) is 35.6 Å². The molecule has 2 aromatic rings. The van der Waals surface area contributed by atoms with Crippen LogP contribution in [0.15, 0.2) is 48.5 Å². The third kappa shape index (κ3) is 3.71. The van der Waals surface area contributed by atoms with Crippen molar-refractivity contribution < 1.29 is 4.79 Å². The van der Waals surface area contributed by atoms with Crippen LogP contribution in [-0.2, 0) is 0 Å². The summed E-state index contributed by atoms with van der Waals surface area (Å²) >= 11 is 0. The molecule has 1 N–H and O–H groups in total. The molecule has 0 aliphatic carbocycles. The van der Waals surface area contributed by atoms with Gasteiger partial charge in [0.15, 0.2) is 0 Å². The highest BCUT2D eigenvalue weighted by Crippen LogP contribution is 2.27. The lowest BCUT2D eigenvalue weighted by molar-refractivity contribution is 0.102. The Balaban J connectivity index is 1.79. The molecule has 4 heteroatoms. The molecule has 1 fully saturated rings. The predicted octanol–water partition coefficient (Wildman–Crippen LogP) is 3.00. The maximum Gasteiger partial charge on any atom is 0.255 e. The smallest absolute Gasteiger partial charge is 0.255 e. The number of likely N-dealkylation sites (N-methyl/N-ethyl adjacent to an activating group) is 1. The number of anilines is 2. The number of carbonyl (C=O) groups is 1. The maximum absolute atomic E-state index is 12.5. The summed E-state index contributed by atoms with van der Waals surface area (Å²) in [5, 5.41) is 3.07. The summed E-state index contributed by atoms with van der Waals surface area (Å²) in [7, 11) is 2.14. The van der Waals surface area contributed by atoms with Gasteiger partial charge in [-0.25, -0.2) is 0 Å². The summed E-state index contributed by atoms with van der Waals surface area (Å²) in [6.45, 7) is 6.04. The lowest BCUT2D eigenvalue weighted by atomic mass is 10.1. The van der Waals surface area contributed by atoms with Crippen molar-refractivity contribution in [3.05, 3.63) is 59.7 Å². The Morgan fingerprint density at radius 3 is 2.48 bits per heavy atom. The molecule has 0 saturated carbocycles. The van der Waals surface area contributed by atoms with Crippen molar-refractivity contribution in [2.45, 2.75) is 6.92 Å². The zero-order chi connectivity index (χ0) is 16.2. The van der Waals surface area contributed by atoms with Gasteiger partial charge in [-0.05, 0) is 38.2 Å². The molecule has 3 rings (SSSR count). The molecule has 0 aromatic heterocycles. The first-order chi connectivity index (χ1) is 11.1. The zero-order valence-corrected chi connectivity index (χ0v) is 13.7. The SMILES string of the molecule is Cc1cccc(C(=O)Nc2ccccc2N2CCN(C)CC2)c1. The average Bonchev–Trinajstić information content (AvgIpc) is 2.56. The predicted molar refractivity (Wildman–Crippen MR) is 95.3 cm³/mol. The molecule has 0 atom stereocenters. The van der Waals surface area contributed by atoms with E-state index in [0.29, 0.717) is 5.56 Å². The van der Waals surface area contributed by atoms with E-state index in [-0.39, 0.29) is 5.91 Å². The van der Waals surface area contributed by atoms with Crippen LogP contribution >= 0.6 is 0 Å². The fourth-order valence-electron chi connectivity index (χ4n) is 2.88. The summed E-state index contributed by atoms with van der Waals surface area (Å²) in [5.74, 6) is -0.0599. The van der Waals surface area contributed by atoms with Gasteiger partial charge in [-0.15, -0.1) is 0 Å². The van der Waals surface area contributed by atoms with E-state index in [2.05, 4.69) is 28.2 Å². The first-order valence-corrected chi connectivity index (χ1v) is 8.04. The quantitative estimate of drug-likeness (QED) is 0.947. The maximum atomic E-state index is 12.5. The van der Waals surface area contributed by atoms with E-state index in [0.717, 1.165) is 43.1 Å². The van der Waals surface area contributed by atoms with Gasteiger partial charge < -0.3 is 15.1 Å². The van der Waals surface area contributed by atoms with Gasteiger partial charge in [0.05, 0.1) is 11.4 Å². The van der Waals surface area contributed by atoms with E-state index in [1.54, 1.807) is 0 Å². The highest BCUT2D eigenvalue weighted by atomic mass is 16.1. The van der Waals surface area contributed by atoms with Crippen molar-refractivity contribution in [1.29, 1.82) is 0 Å². The van der Waals surface area contributed by atoms with Crippen LogP contribution in [0.1, 0.15) is 15.9 Å². The number of carbonyl (C=O) groups excluding carboxylic acids is 1. The van der Waals surface area contributed by atoms with Crippen molar-refractivity contribution >= 4 is 17.3 Å². The molecule has 23 heavy (non-hydrogen) atoms. The van der Waals surface area contributed by atoms with Crippen LogP contribution in [0.2, 0.25) is 0 Å². The minimum absolute atomic E-state index is 0.0599. The lowest BCUT2D eigenvalue weighted by Crippen LogP contribution is -2.44. The van der Waals surface area contributed by atoms with Crippen molar-refractivity contribution in [3.63, 3.8) is 0 Å². The lowest BCUT2D eigenvalue weighted by Gasteiger charge is -2.35. The highest BCUT2D eigenvalue weighted by molar-refractivity contribution is 6.06. The second-order valence-electron chi connectivity index (χ2n) is 6.13. The molecule has 0 radical (unpaired) electrons. The van der Waals surface area contributed by atoms with Gasteiger partial charge in [-0.2, -0.15) is 0 Å². The van der Waals surface area contributed by atoms with Crippen LogP contribution < -0.4 is 10.2 Å². The van der Waals surface area contributed by atoms with Crippen molar-refractivity contribution in [3.8, 4) is 0 Å². The van der Waals surface area contributed by atoms with Crippen LogP contribution in [0.4, 0.5) is 11.4 Å². The van der Waals surface area contributed by atoms with Crippen LogP contribution in [0.3, 0.4) is 0 Å². The van der Waals surface area contributed by atoms with Crippen molar-refractivity contribution in [2.75, 3.05) is 43.4 Å². The first-order valence-electron chi connectivity index (χ1n) is 8.04. The Kier molecular flexibility index (Phi) is 4.63. The van der Waals surface area contributed by atoms with Crippen LogP contribution in [0, 0.1) is 6.92 Å². The summed E-state index contributed by atoms with van der Waals surface area (Å²) in [6.07, 6.45) is 0. The molecule has 1 aliphatic heterocycles. The van der Waals surface area contributed by atoms with E-state index in [1.807, 2.05) is 49.4 Å². The summed E-state index contributed by atoms with van der Waals surface area (Å²) in [6, 6.07) is 15.7. The first kappa shape index (κ1) is 15.6. The fraction of sp³-hybridized carbons (Fsp3) is 0.316. The van der Waals surface area contributed by atoms with Gasteiger partial charge in [0, 0.05) is 31.7 Å². The number of piperazine rings is 1. The molecule has 120 valence electrons. The number of benzene rings is 2. The van der Waals surface area contributed by atoms with E-state index in [9.17, 15) is 4.79 Å². The molecule has 4 nitrogen and oxygen atoms in total. The normalized spacial score (nSPS) is 15.5. The van der Waals surface area contributed by atoms with Gasteiger partial charge in [0.25, 0.3) is 5.91 Å². The molecular weight excluding hydrogens is 286 g/mol. The number of nitrogens with one attached hydrogen (secondary N) is 1. The van der Waals surface area contributed by atoms with Crippen molar-refractivity contribution in [2.24, 2.45) is 0 Å². The Hall–Kier alpha value is -2.33. The Bertz CT molecular complexity index is 691. The number of amides is 1. The molecule has 0 spiro atoms. The third-order valence-corrected chi connectivity index (χ3v) is 4.28. The summed E-state index contributed by atoms with van der Waals surface area (Å²) in [4.78, 5) is 17.2. The zero-order valence-electron chi connectivity index (χ0n) is 13.7. The standard InChI is InChI=1S/C19H23N3O/c1-15-6-5-7-16(14-15)19(23)20-17-8-3-4-9-18(17)22-12-10-21(2)11-13-22/h3-9,14H,10-13H2,1-2H3,(H,20,23). The van der Waals surface area contributed by atoms with Gasteiger partial charge in [0.1, 0.15) is 0 Å². The fourth-order valence-corrected chi connectivity index (χ4v) is 2.88. The second-order valence-corrected chi connectivity index (χ2v) is 6.13. The van der Waals surface area contributed by atoms with E-state index in [4.69, 9.17) is 0 Å². The minimum Gasteiger partial charge on any atom is -0.367 e. The number of rotatable bonds is 3. The molecular formula is C19H23N3O. The van der Waals surface area contributed by atoms with Gasteiger partial charge in [0.2, 0.25) is 0 Å². The third-order valence-electron chi connectivity index (χ3n) is 4.28. The van der Waals surface area contributed by atoms with Crippen LogP contribution in [0.5, 0.6) is 0 Å². The molecule has 0 unspecified atom stereocenters. The van der Waals surface area contributed by atoms with E-state index in [1.165, 1.54) is 0 Å². The number of hydrogen-bond acceptors (Lipinski definition) is 3. The summed E-state index contributed by atoms with van der Waals surface area (Å²) in [5.41, 5.74) is 3.76. The number of hydrogen-bond donors (Lipinski definition) is 1. The Labute approximate surface area is 137 Å². The molecule has 1 aliphatic rings. The highest BCUT2D eigenvalue weighted by Gasteiger charge is 2.18. The molecule has 2 aromatic carbocycles. The van der Waals surface area contributed by atoms with Crippen molar-refractivity contribution in [1.82, 2.24) is 4.90 Å². The monoisotopic (exact) mass is 309 g/mol. The minimum atomic E-state index is -0.0599. The number of para-hydroxylation sites is 2. The molecule has 1 saturated heterocycles. The van der Waals surface area contributed by atoms with Gasteiger partial charge in [-0.3, -0.25) is 4.79 Å². The van der Waals surface area contributed by atoms with Gasteiger partial charge in [-0.1, -0.05) is 29.8 Å². The van der Waals surface area contributed by atoms with E-state index >= 15 is 0 Å². The Morgan fingerprint density at radius 2 is 1.74 bits per heavy atom. The largest absolute Gasteiger partial charge is 0.367 e. The second kappa shape index (κ2) is 6.84. The van der Waals surface area contributed by atoms with E-state index < -0.39 is 0 Å². The summed E-state index contributed by atoms with van der Waals surface area (Å²) < 4.78 is 0. The van der Waals surface area contributed by atoms with Crippen LogP contribution in [-0.4, -0.2) is 44.0 Å². The van der Waals surface area contributed by atoms with Crippen LogP contribution in [0.25, 0.3) is 0 Å². The molecule has 1 heterocycles. The molecule has 0 bridgehead atoms. The number of nitrogens with zero attached hydrogens (tertiary/aromatic N) is 2. The molecule has 1 amide bonds. The number of aryl methyl sites for hydroxylation is 1. The Morgan fingerprint density at radius 1 is 1.00 bits per heavy atom.